The number of hydrogen-bond acceptors (Lipinski definition) is 10. The van der Waals surface area contributed by atoms with E-state index >= 15 is 19.2 Å². The van der Waals surface area contributed by atoms with Crippen molar-refractivity contribution in [1.29, 1.82) is 0 Å². The quantitative estimate of drug-likeness (QED) is 0.107. The normalized spacial score (nSPS) is 24.5. The first-order valence-electron chi connectivity index (χ1n) is 27.5. The number of benzene rings is 2. The molecule has 1 saturated carbocycles. The molecule has 4 N–H and O–H groups in total. The fourth-order valence-electron chi connectivity index (χ4n) is 10.8. The van der Waals surface area contributed by atoms with Gasteiger partial charge in [0.05, 0.1) is 11.1 Å². The fourth-order valence-corrected chi connectivity index (χ4v) is 10.8. The van der Waals surface area contributed by atoms with E-state index in [0.717, 1.165) is 35.7 Å². The van der Waals surface area contributed by atoms with E-state index < -0.39 is 96.0 Å². The molecule has 2 fully saturated rings. The molecule has 2 bridgehead atoms. The number of ether oxygens (including phenoxy) is 1. The van der Waals surface area contributed by atoms with Crippen LogP contribution in [0.15, 0.2) is 79.7 Å². The maximum absolute atomic E-state index is 15.5. The lowest BCUT2D eigenvalue weighted by Gasteiger charge is -2.39. The molecule has 420 valence electrons. The first kappa shape index (κ1) is 58.5. The third kappa shape index (κ3) is 13.7. The maximum Gasteiger partial charge on any atom is 0.319 e. The van der Waals surface area contributed by atoms with E-state index in [-0.39, 0.29) is 62.4 Å². The minimum atomic E-state index is -1.32. The smallest absolute Gasteiger partial charge is 0.319 e. The number of nitrogens with zero attached hydrogens (tertiary/aromatic N) is 6. The van der Waals surface area contributed by atoms with E-state index in [1.165, 1.54) is 41.9 Å². The molecular formula is C59H79FN10O8. The molecule has 4 heterocycles. The zero-order valence-corrected chi connectivity index (χ0v) is 46.7. The predicted octanol–water partition coefficient (Wildman–Crippen LogP) is 6.05. The number of halogens is 1. The summed E-state index contributed by atoms with van der Waals surface area (Å²) in [4.78, 5) is 118. The van der Waals surface area contributed by atoms with Crippen molar-refractivity contribution in [3.8, 4) is 6.01 Å². The van der Waals surface area contributed by atoms with Gasteiger partial charge < -0.3 is 45.3 Å². The van der Waals surface area contributed by atoms with Crippen molar-refractivity contribution in [2.45, 2.75) is 161 Å². The molecule has 1 aliphatic carbocycles. The molecule has 3 aliphatic rings. The summed E-state index contributed by atoms with van der Waals surface area (Å²) in [6, 6.07) is 4.54. The zero-order chi connectivity index (χ0) is 56.6. The Balaban J connectivity index is 1.35. The average molecular weight is 1080 g/mol. The topological polar surface area (TPSA) is 217 Å². The van der Waals surface area contributed by atoms with Gasteiger partial charge in [0.2, 0.25) is 48.2 Å². The van der Waals surface area contributed by atoms with Crippen molar-refractivity contribution in [2.75, 3.05) is 27.5 Å². The predicted molar refractivity (Wildman–Crippen MR) is 296 cm³/mol. The Morgan fingerprint density at radius 3 is 2.14 bits per heavy atom. The summed E-state index contributed by atoms with van der Waals surface area (Å²) in [5, 5.41) is 13.3. The molecule has 19 heteroatoms. The molecule has 7 atom stereocenters. The van der Waals surface area contributed by atoms with E-state index in [9.17, 15) is 18.8 Å². The number of nitrogens with one attached hydrogen (secondary N) is 4. The number of aromatic nitrogens is 3. The van der Waals surface area contributed by atoms with Crippen molar-refractivity contribution in [2.24, 2.45) is 17.8 Å². The van der Waals surface area contributed by atoms with Crippen molar-refractivity contribution < 1.29 is 42.7 Å². The number of para-hydroxylation sites is 1. The molecule has 1 saturated heterocycles. The van der Waals surface area contributed by atoms with Gasteiger partial charge in [0.1, 0.15) is 42.3 Å². The van der Waals surface area contributed by atoms with E-state index in [4.69, 9.17) is 4.74 Å². The Kier molecular flexibility index (Phi) is 19.1. The average Bonchev–Trinajstić information content (AvgIpc) is 3.95. The van der Waals surface area contributed by atoms with Gasteiger partial charge in [0, 0.05) is 62.2 Å². The largest absolute Gasteiger partial charge is 0.431 e. The summed E-state index contributed by atoms with van der Waals surface area (Å²) in [6.07, 6.45) is 12.9. The van der Waals surface area contributed by atoms with Gasteiger partial charge in [-0.3, -0.25) is 33.6 Å². The number of fused-ring (bicyclic) bond motifs is 4. The summed E-state index contributed by atoms with van der Waals surface area (Å²) in [5.41, 5.74) is 2.09. The second kappa shape index (κ2) is 25.5. The molecule has 0 radical (unpaired) electrons. The van der Waals surface area contributed by atoms with Gasteiger partial charge in [0.15, 0.2) is 0 Å². The van der Waals surface area contributed by atoms with Gasteiger partial charge in [-0.05, 0) is 100.0 Å². The highest BCUT2D eigenvalue weighted by atomic mass is 19.1. The minimum absolute atomic E-state index is 0.000458. The third-order valence-corrected chi connectivity index (χ3v) is 15.6. The van der Waals surface area contributed by atoms with Crippen LogP contribution in [0.25, 0.3) is 21.8 Å². The van der Waals surface area contributed by atoms with Crippen LogP contribution in [0.5, 0.6) is 6.01 Å². The lowest BCUT2D eigenvalue weighted by atomic mass is 9.80. The Hall–Kier alpha value is -7.18. The van der Waals surface area contributed by atoms with Crippen LogP contribution in [0.3, 0.4) is 0 Å². The van der Waals surface area contributed by atoms with E-state index in [1.54, 1.807) is 18.2 Å². The fraction of sp³-hybridized carbons (Fsp3) is 0.542. The standard InChI is InChI=1S/C59H79FN10O8/c1-11-59(7,8)70-33-41(42-20-14-15-21-47(42)70)31-46-56(76)68(10)49(26-35(2)3)53(73)63-45(30-39-23-24-43-40(28-39)32-61-58(66-43)78-34-60)51(71)62-37(6)55(75)67(9)48-22-13-12-16-25-69(57(48)77)50(27-36(4)5)54(74)64-44(52(72)65-46)29-38-18-17-19-38/h11-15,20-21,23-24,28,32-33,35-38,44-46,48-50H,1,16-19,22,25-27,29-31,34H2,2-10H3,(H,62,71)(H,63,73)(H,64,74)(H,65,72)/b13-12-/t37-,44-,45-,46-,48-,49-,50-/m0/s1. The number of likely N-dealkylation sites (N-methyl/N-ethyl adjacent to an activating group) is 2. The lowest BCUT2D eigenvalue weighted by molar-refractivity contribution is -0.150. The highest BCUT2D eigenvalue weighted by molar-refractivity contribution is 5.99. The third-order valence-electron chi connectivity index (χ3n) is 15.6. The van der Waals surface area contributed by atoms with E-state index in [0.29, 0.717) is 29.3 Å². The number of allylic oxidation sites excluding steroid dienone is 1. The summed E-state index contributed by atoms with van der Waals surface area (Å²) >= 11 is 0. The molecule has 4 aromatic rings. The molecule has 0 unspecified atom stereocenters. The van der Waals surface area contributed by atoms with E-state index in [1.807, 2.05) is 90.2 Å². The molecule has 7 amide bonds. The zero-order valence-electron chi connectivity index (χ0n) is 46.7. The number of carbonyl (C=O) groups is 7. The number of alkyl halides is 1. The van der Waals surface area contributed by atoms with E-state index in [2.05, 4.69) is 42.4 Å². The van der Waals surface area contributed by atoms with Gasteiger partial charge in [-0.1, -0.05) is 89.5 Å². The van der Waals surface area contributed by atoms with Crippen molar-refractivity contribution in [3.05, 3.63) is 90.8 Å². The molecular weight excluding hydrogens is 996 g/mol. The summed E-state index contributed by atoms with van der Waals surface area (Å²) in [5.74, 6) is -4.21. The maximum atomic E-state index is 15.5. The van der Waals surface area contributed by atoms with Crippen LogP contribution in [0, 0.1) is 17.8 Å². The van der Waals surface area contributed by atoms with Crippen LogP contribution in [-0.4, -0.2) is 140 Å². The molecule has 18 nitrogen and oxygen atoms in total. The van der Waals surface area contributed by atoms with Crippen molar-refractivity contribution in [3.63, 3.8) is 0 Å². The lowest BCUT2D eigenvalue weighted by Crippen LogP contribution is -2.61. The summed E-state index contributed by atoms with van der Waals surface area (Å²) in [7, 11) is 3.00. The second-order valence-electron chi connectivity index (χ2n) is 22.8. The Morgan fingerprint density at radius 2 is 1.46 bits per heavy atom. The Labute approximate surface area is 457 Å². The summed E-state index contributed by atoms with van der Waals surface area (Å²) < 4.78 is 19.9. The molecule has 7 rings (SSSR count). The monoisotopic (exact) mass is 1070 g/mol. The van der Waals surface area contributed by atoms with Crippen molar-refractivity contribution in [1.82, 2.24) is 50.5 Å². The Bertz CT molecular complexity index is 2900. The van der Waals surface area contributed by atoms with Crippen LogP contribution in [0.4, 0.5) is 4.39 Å². The highest BCUT2D eigenvalue weighted by Gasteiger charge is 2.42. The van der Waals surface area contributed by atoms with Gasteiger partial charge in [-0.15, -0.1) is 6.58 Å². The number of carbonyl (C=O) groups excluding carboxylic acids is 7. The first-order chi connectivity index (χ1) is 37.1. The van der Waals surface area contributed by atoms with Gasteiger partial charge in [-0.2, -0.15) is 4.98 Å². The number of hydrogen-bond donors (Lipinski definition) is 4. The van der Waals surface area contributed by atoms with Crippen LogP contribution >= 0.6 is 0 Å². The molecule has 2 aromatic carbocycles. The van der Waals surface area contributed by atoms with Crippen LogP contribution in [-0.2, 0) is 51.9 Å². The molecule has 0 spiro atoms. The molecule has 2 aliphatic heterocycles. The number of amides is 7. The SMILES string of the molecule is C=CC(C)(C)n1cc(C[C@@H]2NC(=O)[C@H](CC3CCC3)NC(=O)[C@H](CC(C)C)N3CC/C=C\C[C@@H](C3=O)N(C)C(=O)[C@H](C)NC(=O)[C@H](Cc3ccc4nc(OCF)ncc4c3)NC(=O)[C@H](CC(C)C)N(C)C2=O)c2ccccc21. The Morgan fingerprint density at radius 1 is 0.795 bits per heavy atom. The van der Waals surface area contributed by atoms with Crippen LogP contribution in [0.2, 0.25) is 0 Å². The molecule has 78 heavy (non-hydrogen) atoms. The van der Waals surface area contributed by atoms with Crippen LogP contribution in [0.1, 0.15) is 111 Å². The van der Waals surface area contributed by atoms with Crippen molar-refractivity contribution >= 4 is 63.2 Å². The van der Waals surface area contributed by atoms with Gasteiger partial charge >= 0.3 is 6.01 Å². The first-order valence-corrected chi connectivity index (χ1v) is 27.5. The number of rotatable bonds is 14. The highest BCUT2D eigenvalue weighted by Crippen LogP contribution is 2.33. The second-order valence-corrected chi connectivity index (χ2v) is 22.8. The van der Waals surface area contributed by atoms with Gasteiger partial charge in [-0.25, -0.2) is 9.37 Å². The summed E-state index contributed by atoms with van der Waals surface area (Å²) in [6.45, 7) is 16.4. The molecule has 2 aromatic heterocycles. The van der Waals surface area contributed by atoms with Crippen LogP contribution < -0.4 is 26.0 Å². The van der Waals surface area contributed by atoms with Gasteiger partial charge in [0.25, 0.3) is 0 Å². The minimum Gasteiger partial charge on any atom is -0.431 e.